The number of thiophene rings is 1. The van der Waals surface area contributed by atoms with Gasteiger partial charge in [-0.25, -0.2) is 0 Å². The molecule has 0 bridgehead atoms. The Morgan fingerprint density at radius 1 is 1.33 bits per heavy atom. The molecule has 6 heteroatoms. The van der Waals surface area contributed by atoms with Gasteiger partial charge in [0.05, 0.1) is 5.39 Å². The average Bonchev–Trinajstić information content (AvgIpc) is 2.99. The van der Waals surface area contributed by atoms with Crippen LogP contribution in [-0.4, -0.2) is 22.5 Å². The van der Waals surface area contributed by atoms with E-state index in [0.717, 1.165) is 30.4 Å². The smallest absolute Gasteiger partial charge is 0.265 e. The fourth-order valence-electron chi connectivity index (χ4n) is 3.75. The molecule has 1 aliphatic rings. The molecule has 27 heavy (non-hydrogen) atoms. The van der Waals surface area contributed by atoms with Gasteiger partial charge in [0.15, 0.2) is 0 Å². The van der Waals surface area contributed by atoms with Crippen LogP contribution in [0.3, 0.4) is 0 Å². The quantitative estimate of drug-likeness (QED) is 0.647. The van der Waals surface area contributed by atoms with Gasteiger partial charge in [0.25, 0.3) is 11.5 Å². The number of aromatic nitrogens is 1. The van der Waals surface area contributed by atoms with Crippen molar-refractivity contribution in [3.05, 3.63) is 62.3 Å². The zero-order chi connectivity index (χ0) is 19.0. The van der Waals surface area contributed by atoms with E-state index in [1.807, 2.05) is 30.3 Å². The Morgan fingerprint density at radius 3 is 2.89 bits per heavy atom. The molecule has 2 heterocycles. The molecule has 3 N–H and O–H groups in total. The maximum absolute atomic E-state index is 12.6. The lowest BCUT2D eigenvalue weighted by atomic mass is 9.89. The van der Waals surface area contributed by atoms with Crippen molar-refractivity contribution in [1.82, 2.24) is 10.3 Å². The summed E-state index contributed by atoms with van der Waals surface area (Å²) in [6, 6.07) is 9.81. The molecule has 0 saturated heterocycles. The molecule has 1 atom stereocenters. The van der Waals surface area contributed by atoms with Gasteiger partial charge >= 0.3 is 0 Å². The summed E-state index contributed by atoms with van der Waals surface area (Å²) in [5, 5.41) is 14.2. The molecule has 5 nitrogen and oxygen atoms in total. The van der Waals surface area contributed by atoms with Crippen molar-refractivity contribution in [2.75, 3.05) is 6.54 Å². The van der Waals surface area contributed by atoms with Crippen LogP contribution >= 0.6 is 11.3 Å². The minimum Gasteiger partial charge on any atom is -0.506 e. The Hall–Kier alpha value is -2.60. The van der Waals surface area contributed by atoms with Crippen molar-refractivity contribution in [2.45, 2.75) is 32.6 Å². The number of rotatable bonds is 4. The minimum absolute atomic E-state index is 0.182. The fraction of sp³-hybridized carbons (Fsp3) is 0.333. The number of aromatic hydroxyl groups is 1. The van der Waals surface area contributed by atoms with E-state index in [1.54, 1.807) is 0 Å². The van der Waals surface area contributed by atoms with Gasteiger partial charge < -0.3 is 15.4 Å². The molecule has 0 spiro atoms. The van der Waals surface area contributed by atoms with Gasteiger partial charge in [0.1, 0.15) is 16.1 Å². The topological polar surface area (TPSA) is 82.2 Å². The fourth-order valence-corrected chi connectivity index (χ4v) is 5.16. The van der Waals surface area contributed by atoms with E-state index in [2.05, 4.69) is 17.2 Å². The Bertz CT molecular complexity index is 1050. The van der Waals surface area contributed by atoms with Crippen LogP contribution in [0.2, 0.25) is 0 Å². The summed E-state index contributed by atoms with van der Waals surface area (Å²) in [4.78, 5) is 29.7. The summed E-state index contributed by atoms with van der Waals surface area (Å²) in [6.45, 7) is 2.61. The third kappa shape index (κ3) is 3.37. The lowest BCUT2D eigenvalue weighted by Gasteiger charge is -2.18. The highest BCUT2D eigenvalue weighted by Crippen LogP contribution is 2.41. The zero-order valence-electron chi connectivity index (χ0n) is 15.2. The van der Waals surface area contributed by atoms with Gasteiger partial charge in [-0.2, -0.15) is 0 Å². The maximum atomic E-state index is 12.6. The molecule has 140 valence electrons. The van der Waals surface area contributed by atoms with Crippen LogP contribution < -0.4 is 10.9 Å². The number of aryl methyl sites for hydroxylation is 1. The van der Waals surface area contributed by atoms with Crippen LogP contribution in [-0.2, 0) is 19.3 Å². The third-order valence-corrected chi connectivity index (χ3v) is 6.38. The monoisotopic (exact) mass is 382 g/mol. The van der Waals surface area contributed by atoms with Crippen LogP contribution in [0.25, 0.3) is 10.2 Å². The molecule has 0 aliphatic heterocycles. The van der Waals surface area contributed by atoms with Gasteiger partial charge in [-0.3, -0.25) is 9.59 Å². The maximum Gasteiger partial charge on any atom is 0.265 e. The summed E-state index contributed by atoms with van der Waals surface area (Å²) >= 11 is 1.52. The zero-order valence-corrected chi connectivity index (χ0v) is 16.0. The van der Waals surface area contributed by atoms with Crippen molar-refractivity contribution >= 4 is 27.5 Å². The highest BCUT2D eigenvalue weighted by Gasteiger charge is 2.26. The number of aromatic amines is 1. The Morgan fingerprint density at radius 2 is 2.11 bits per heavy atom. The number of hydrogen-bond donors (Lipinski definition) is 3. The van der Waals surface area contributed by atoms with Gasteiger partial charge in [-0.15, -0.1) is 11.3 Å². The molecule has 2 aromatic heterocycles. The van der Waals surface area contributed by atoms with Crippen LogP contribution in [0, 0.1) is 5.92 Å². The van der Waals surface area contributed by atoms with Crippen molar-refractivity contribution in [2.24, 2.45) is 5.92 Å². The number of H-pyrrole nitrogens is 1. The predicted octanol–water partition coefficient (Wildman–Crippen LogP) is 3.39. The van der Waals surface area contributed by atoms with Crippen molar-refractivity contribution in [3.63, 3.8) is 0 Å². The second kappa shape index (κ2) is 7.19. The largest absolute Gasteiger partial charge is 0.506 e. The average molecular weight is 382 g/mol. The molecule has 0 radical (unpaired) electrons. The van der Waals surface area contributed by atoms with Crippen molar-refractivity contribution in [3.8, 4) is 5.75 Å². The van der Waals surface area contributed by atoms with Crippen LogP contribution in [0.4, 0.5) is 0 Å². The SMILES string of the molecule is C[C@H]1CCc2c(sc3[nH]c(=O)c(C(=O)NCCc4ccccc4)c(O)c23)C1. The lowest BCUT2D eigenvalue weighted by molar-refractivity contribution is 0.0950. The Kier molecular flexibility index (Phi) is 4.74. The molecular weight excluding hydrogens is 360 g/mol. The first-order valence-corrected chi connectivity index (χ1v) is 10.1. The van der Waals surface area contributed by atoms with E-state index in [-0.39, 0.29) is 11.3 Å². The molecule has 0 fully saturated rings. The second-order valence-electron chi connectivity index (χ2n) is 7.23. The summed E-state index contributed by atoms with van der Waals surface area (Å²) in [6.07, 6.45) is 3.54. The number of carbonyl (C=O) groups excluding carboxylic acids is 1. The molecule has 1 amide bonds. The number of pyridine rings is 1. The van der Waals surface area contributed by atoms with Crippen molar-refractivity contribution in [1.29, 1.82) is 0 Å². The van der Waals surface area contributed by atoms with Gasteiger partial charge in [-0.05, 0) is 42.7 Å². The number of amides is 1. The molecule has 1 aromatic carbocycles. The Labute approximate surface area is 161 Å². The third-order valence-electron chi connectivity index (χ3n) is 5.21. The summed E-state index contributed by atoms with van der Waals surface area (Å²) in [5.41, 5.74) is 1.46. The highest BCUT2D eigenvalue weighted by atomic mass is 32.1. The number of carbonyl (C=O) groups is 1. The second-order valence-corrected chi connectivity index (χ2v) is 8.33. The van der Waals surface area contributed by atoms with E-state index in [0.29, 0.717) is 29.1 Å². The molecule has 4 rings (SSSR count). The molecule has 3 aromatic rings. The van der Waals surface area contributed by atoms with Gasteiger partial charge in [-0.1, -0.05) is 37.3 Å². The summed E-state index contributed by atoms with van der Waals surface area (Å²) < 4.78 is 0. The number of benzene rings is 1. The number of hydrogen-bond acceptors (Lipinski definition) is 4. The lowest BCUT2D eigenvalue weighted by Crippen LogP contribution is -2.31. The minimum atomic E-state index is -0.538. The predicted molar refractivity (Wildman–Crippen MR) is 108 cm³/mol. The van der Waals surface area contributed by atoms with E-state index < -0.39 is 11.5 Å². The van der Waals surface area contributed by atoms with Gasteiger partial charge in [0, 0.05) is 11.4 Å². The summed E-state index contributed by atoms with van der Waals surface area (Å²) in [7, 11) is 0. The number of nitrogens with one attached hydrogen (secondary N) is 2. The molecule has 1 aliphatic carbocycles. The van der Waals surface area contributed by atoms with Crippen LogP contribution in [0.5, 0.6) is 5.75 Å². The number of fused-ring (bicyclic) bond motifs is 3. The molecule has 0 saturated carbocycles. The van der Waals surface area contributed by atoms with E-state index >= 15 is 0 Å². The first kappa shape index (κ1) is 17.8. The highest BCUT2D eigenvalue weighted by molar-refractivity contribution is 7.18. The van der Waals surface area contributed by atoms with Crippen LogP contribution in [0.15, 0.2) is 35.1 Å². The molecule has 0 unspecified atom stereocenters. The first-order chi connectivity index (χ1) is 13.0. The molecular formula is C21H22N2O3S. The van der Waals surface area contributed by atoms with Gasteiger partial charge in [0.2, 0.25) is 0 Å². The Balaban J connectivity index is 1.61. The van der Waals surface area contributed by atoms with E-state index in [9.17, 15) is 14.7 Å². The normalized spacial score (nSPS) is 16.3. The first-order valence-electron chi connectivity index (χ1n) is 9.26. The van der Waals surface area contributed by atoms with E-state index in [1.165, 1.54) is 16.2 Å². The van der Waals surface area contributed by atoms with E-state index in [4.69, 9.17) is 0 Å². The summed E-state index contributed by atoms with van der Waals surface area (Å²) in [5.74, 6) is -0.117. The van der Waals surface area contributed by atoms with Crippen LogP contribution in [0.1, 0.15) is 39.7 Å². The van der Waals surface area contributed by atoms with Crippen molar-refractivity contribution < 1.29 is 9.90 Å². The standard InChI is InChI=1S/C21H22N2O3S/c1-12-7-8-14-15(11-12)27-21-16(14)18(24)17(20(26)23-21)19(25)22-10-9-13-5-3-2-4-6-13/h2-6,12H,7-11H2,1H3,(H,22,25)(H2,23,24,26)/t12-/m0/s1.